The molecule has 0 aliphatic rings. The van der Waals surface area contributed by atoms with Gasteiger partial charge in [0.05, 0.1) is 0 Å². The maximum atomic E-state index is 3.55. The average Bonchev–Trinajstić information content (AvgIpc) is 2.38. The SMILES string of the molecule is CCc1ccc(C(C)(C)CNCCNC(C)C)cc1. The molecule has 0 spiro atoms. The van der Waals surface area contributed by atoms with Crippen molar-refractivity contribution in [2.24, 2.45) is 0 Å². The fraction of sp³-hybridized carbons (Fsp3) is 0.647. The minimum Gasteiger partial charge on any atom is -0.315 e. The van der Waals surface area contributed by atoms with Crippen molar-refractivity contribution in [1.82, 2.24) is 10.6 Å². The third kappa shape index (κ3) is 5.75. The highest BCUT2D eigenvalue weighted by atomic mass is 15.0. The first kappa shape index (κ1) is 16.2. The first-order valence-corrected chi connectivity index (χ1v) is 7.49. The molecule has 19 heavy (non-hydrogen) atoms. The summed E-state index contributed by atoms with van der Waals surface area (Å²) >= 11 is 0. The van der Waals surface area contributed by atoms with Crippen molar-refractivity contribution in [2.45, 2.75) is 52.5 Å². The number of nitrogens with one attached hydrogen (secondary N) is 2. The summed E-state index contributed by atoms with van der Waals surface area (Å²) in [6, 6.07) is 9.60. The Morgan fingerprint density at radius 3 is 2.21 bits per heavy atom. The van der Waals surface area contributed by atoms with Crippen LogP contribution in [0.5, 0.6) is 0 Å². The minimum absolute atomic E-state index is 0.185. The van der Waals surface area contributed by atoms with E-state index in [1.54, 1.807) is 0 Å². The molecule has 0 fully saturated rings. The lowest BCUT2D eigenvalue weighted by atomic mass is 9.84. The summed E-state index contributed by atoms with van der Waals surface area (Å²) in [5.41, 5.74) is 3.01. The molecule has 2 nitrogen and oxygen atoms in total. The van der Waals surface area contributed by atoms with E-state index in [-0.39, 0.29) is 5.41 Å². The zero-order chi connectivity index (χ0) is 14.3. The number of rotatable bonds is 8. The van der Waals surface area contributed by atoms with Crippen molar-refractivity contribution >= 4 is 0 Å². The van der Waals surface area contributed by atoms with Crippen LogP contribution in [0.1, 0.15) is 45.7 Å². The summed E-state index contributed by atoms with van der Waals surface area (Å²) in [5.74, 6) is 0. The maximum absolute atomic E-state index is 3.55. The van der Waals surface area contributed by atoms with Gasteiger partial charge in [-0.3, -0.25) is 0 Å². The number of hydrogen-bond donors (Lipinski definition) is 2. The molecule has 0 radical (unpaired) electrons. The van der Waals surface area contributed by atoms with Gasteiger partial charge in [0.15, 0.2) is 0 Å². The van der Waals surface area contributed by atoms with Gasteiger partial charge in [-0.25, -0.2) is 0 Å². The summed E-state index contributed by atoms with van der Waals surface area (Å²) in [5, 5.41) is 6.97. The van der Waals surface area contributed by atoms with Crippen molar-refractivity contribution in [3.8, 4) is 0 Å². The highest BCUT2D eigenvalue weighted by Gasteiger charge is 2.19. The Morgan fingerprint density at radius 1 is 1.05 bits per heavy atom. The topological polar surface area (TPSA) is 24.1 Å². The lowest BCUT2D eigenvalue weighted by molar-refractivity contribution is 0.458. The van der Waals surface area contributed by atoms with Crippen LogP contribution in [-0.2, 0) is 11.8 Å². The highest BCUT2D eigenvalue weighted by Crippen LogP contribution is 2.22. The predicted octanol–water partition coefficient (Wildman–Crippen LogP) is 3.11. The lowest BCUT2D eigenvalue weighted by Gasteiger charge is -2.26. The smallest absolute Gasteiger partial charge is 0.00791 e. The molecule has 0 aliphatic heterocycles. The van der Waals surface area contributed by atoms with E-state index in [0.717, 1.165) is 26.1 Å². The fourth-order valence-corrected chi connectivity index (χ4v) is 2.14. The summed E-state index contributed by atoms with van der Waals surface area (Å²) in [7, 11) is 0. The Morgan fingerprint density at radius 2 is 1.68 bits per heavy atom. The molecule has 1 rings (SSSR count). The van der Waals surface area contributed by atoms with Gasteiger partial charge in [-0.2, -0.15) is 0 Å². The third-order valence-electron chi connectivity index (χ3n) is 3.56. The van der Waals surface area contributed by atoms with Gasteiger partial charge in [0.2, 0.25) is 0 Å². The second-order valence-corrected chi connectivity index (χ2v) is 6.22. The second kappa shape index (κ2) is 7.66. The van der Waals surface area contributed by atoms with Crippen molar-refractivity contribution in [3.05, 3.63) is 35.4 Å². The Bertz CT molecular complexity index is 352. The van der Waals surface area contributed by atoms with Crippen molar-refractivity contribution in [3.63, 3.8) is 0 Å². The summed E-state index contributed by atoms with van der Waals surface area (Å²) in [6.07, 6.45) is 1.11. The zero-order valence-corrected chi connectivity index (χ0v) is 13.2. The van der Waals surface area contributed by atoms with Crippen LogP contribution in [0.3, 0.4) is 0 Å². The molecule has 1 aromatic rings. The molecule has 1 aromatic carbocycles. The quantitative estimate of drug-likeness (QED) is 0.703. The maximum Gasteiger partial charge on any atom is 0.00791 e. The third-order valence-corrected chi connectivity index (χ3v) is 3.56. The van der Waals surface area contributed by atoms with Gasteiger partial charge in [-0.15, -0.1) is 0 Å². The second-order valence-electron chi connectivity index (χ2n) is 6.22. The zero-order valence-electron chi connectivity index (χ0n) is 13.2. The standard InChI is InChI=1S/C17H30N2/c1-6-15-7-9-16(10-8-15)17(4,5)13-18-11-12-19-14(2)3/h7-10,14,18-19H,6,11-13H2,1-5H3. The van der Waals surface area contributed by atoms with Gasteiger partial charge in [0, 0.05) is 31.1 Å². The Hall–Kier alpha value is -0.860. The number of benzene rings is 1. The van der Waals surface area contributed by atoms with Crippen LogP contribution in [0.2, 0.25) is 0 Å². The molecule has 108 valence electrons. The molecule has 0 aromatic heterocycles. The van der Waals surface area contributed by atoms with Crippen LogP contribution in [0.25, 0.3) is 0 Å². The molecule has 0 saturated carbocycles. The molecule has 2 heteroatoms. The molecule has 0 amide bonds. The fourth-order valence-electron chi connectivity index (χ4n) is 2.14. The van der Waals surface area contributed by atoms with Crippen molar-refractivity contribution in [1.29, 1.82) is 0 Å². The number of aryl methyl sites for hydroxylation is 1. The molecular weight excluding hydrogens is 232 g/mol. The van der Waals surface area contributed by atoms with Crippen LogP contribution >= 0.6 is 0 Å². The van der Waals surface area contributed by atoms with Crippen LogP contribution < -0.4 is 10.6 Å². The van der Waals surface area contributed by atoms with Gasteiger partial charge >= 0.3 is 0 Å². The van der Waals surface area contributed by atoms with Crippen molar-refractivity contribution in [2.75, 3.05) is 19.6 Å². The predicted molar refractivity (Wildman–Crippen MR) is 84.9 cm³/mol. The van der Waals surface area contributed by atoms with E-state index >= 15 is 0 Å². The van der Waals surface area contributed by atoms with Crippen LogP contribution in [0, 0.1) is 0 Å². The van der Waals surface area contributed by atoms with Crippen LogP contribution in [0.4, 0.5) is 0 Å². The highest BCUT2D eigenvalue weighted by molar-refractivity contribution is 5.28. The molecule has 2 N–H and O–H groups in total. The lowest BCUT2D eigenvalue weighted by Crippen LogP contribution is -2.38. The summed E-state index contributed by atoms with van der Waals surface area (Å²) in [4.78, 5) is 0. The minimum atomic E-state index is 0.185. The molecule has 0 unspecified atom stereocenters. The first-order valence-electron chi connectivity index (χ1n) is 7.49. The van der Waals surface area contributed by atoms with Gasteiger partial charge in [-0.1, -0.05) is 58.9 Å². The Kier molecular flexibility index (Phi) is 6.53. The Balaban J connectivity index is 2.41. The molecule has 0 saturated heterocycles. The van der Waals surface area contributed by atoms with Crippen LogP contribution in [0.15, 0.2) is 24.3 Å². The van der Waals surface area contributed by atoms with E-state index in [4.69, 9.17) is 0 Å². The Labute approximate surface area is 119 Å². The van der Waals surface area contributed by atoms with E-state index in [2.05, 4.69) is 69.5 Å². The molecule has 0 aliphatic carbocycles. The van der Waals surface area contributed by atoms with E-state index < -0.39 is 0 Å². The largest absolute Gasteiger partial charge is 0.315 e. The van der Waals surface area contributed by atoms with E-state index in [9.17, 15) is 0 Å². The van der Waals surface area contributed by atoms with Gasteiger partial charge in [-0.05, 0) is 17.5 Å². The average molecular weight is 262 g/mol. The summed E-state index contributed by atoms with van der Waals surface area (Å²) in [6.45, 7) is 14.2. The van der Waals surface area contributed by atoms with Crippen molar-refractivity contribution < 1.29 is 0 Å². The molecule has 0 atom stereocenters. The van der Waals surface area contributed by atoms with E-state index in [0.29, 0.717) is 6.04 Å². The molecule has 0 bridgehead atoms. The van der Waals surface area contributed by atoms with Crippen LogP contribution in [-0.4, -0.2) is 25.7 Å². The molecular formula is C17H30N2. The normalized spacial score (nSPS) is 12.1. The van der Waals surface area contributed by atoms with E-state index in [1.807, 2.05) is 0 Å². The number of hydrogen-bond acceptors (Lipinski definition) is 2. The molecule has 0 heterocycles. The summed E-state index contributed by atoms with van der Waals surface area (Å²) < 4.78 is 0. The first-order chi connectivity index (χ1) is 8.95. The van der Waals surface area contributed by atoms with Gasteiger partial charge in [0.1, 0.15) is 0 Å². The van der Waals surface area contributed by atoms with E-state index in [1.165, 1.54) is 11.1 Å². The van der Waals surface area contributed by atoms with Gasteiger partial charge < -0.3 is 10.6 Å². The monoisotopic (exact) mass is 262 g/mol. The van der Waals surface area contributed by atoms with Gasteiger partial charge in [0.25, 0.3) is 0 Å².